The molecule has 0 amide bonds. The molecule has 2 nitrogen and oxygen atoms in total. The summed E-state index contributed by atoms with van der Waals surface area (Å²) in [5.41, 5.74) is 1.10. The van der Waals surface area contributed by atoms with Crippen molar-refractivity contribution in [3.63, 3.8) is 0 Å². The van der Waals surface area contributed by atoms with Crippen LogP contribution in [0.2, 0.25) is 0 Å². The molecule has 0 aliphatic carbocycles. The van der Waals surface area contributed by atoms with Gasteiger partial charge in [-0.25, -0.2) is 0 Å². The van der Waals surface area contributed by atoms with Gasteiger partial charge in [0, 0.05) is 13.3 Å². The molecule has 0 bridgehead atoms. The van der Waals surface area contributed by atoms with Crippen LogP contribution in [0.15, 0.2) is 30.8 Å². The molecule has 0 saturated carbocycles. The Morgan fingerprint density at radius 3 is 2.29 bits per heavy atom. The molecule has 1 atom stereocenters. The molecule has 1 unspecified atom stereocenters. The number of rotatable bonds is 11. The third-order valence-electron chi connectivity index (χ3n) is 3.59. The second-order valence-electron chi connectivity index (χ2n) is 5.67. The van der Waals surface area contributed by atoms with E-state index in [2.05, 4.69) is 27.4 Å². The van der Waals surface area contributed by atoms with Crippen LogP contribution in [0.5, 0.6) is 5.75 Å². The summed E-state index contributed by atoms with van der Waals surface area (Å²) < 4.78 is 12.2. The molecule has 0 spiro atoms. The first-order valence-electron chi connectivity index (χ1n) is 8.19. The first kappa shape index (κ1) is 17.8. The zero-order valence-electron chi connectivity index (χ0n) is 13.9. The van der Waals surface area contributed by atoms with Crippen LogP contribution in [0.25, 0.3) is 6.08 Å². The van der Waals surface area contributed by atoms with E-state index in [4.69, 9.17) is 9.47 Å². The van der Waals surface area contributed by atoms with Crippen LogP contribution in [-0.2, 0) is 4.74 Å². The highest BCUT2D eigenvalue weighted by atomic mass is 16.7. The van der Waals surface area contributed by atoms with E-state index in [0.29, 0.717) is 0 Å². The second-order valence-corrected chi connectivity index (χ2v) is 5.67. The lowest BCUT2D eigenvalue weighted by atomic mass is 10.1. The first-order valence-corrected chi connectivity index (χ1v) is 8.19. The molecule has 0 saturated heterocycles. The van der Waals surface area contributed by atoms with E-state index in [0.717, 1.165) is 43.6 Å². The van der Waals surface area contributed by atoms with Gasteiger partial charge in [-0.05, 0) is 30.5 Å². The van der Waals surface area contributed by atoms with Crippen molar-refractivity contribution < 1.29 is 9.47 Å². The molecule has 1 aromatic rings. The van der Waals surface area contributed by atoms with Gasteiger partial charge in [0.05, 0.1) is 6.61 Å². The molecule has 0 heterocycles. The van der Waals surface area contributed by atoms with Crippen LogP contribution < -0.4 is 4.74 Å². The van der Waals surface area contributed by atoms with Gasteiger partial charge in [-0.3, -0.25) is 0 Å². The maximum absolute atomic E-state index is 6.13. The molecule has 118 valence electrons. The molecule has 0 fully saturated rings. The molecule has 0 N–H and O–H groups in total. The SMILES string of the molecule is C=Cc1ccc(OC(C)(CCCC)OCCCCC)cc1. The van der Waals surface area contributed by atoms with Crippen molar-refractivity contribution in [2.75, 3.05) is 6.61 Å². The van der Waals surface area contributed by atoms with Crippen LogP contribution in [0.3, 0.4) is 0 Å². The van der Waals surface area contributed by atoms with E-state index < -0.39 is 5.79 Å². The summed E-state index contributed by atoms with van der Waals surface area (Å²) in [5, 5.41) is 0. The normalized spacial score (nSPS) is 13.7. The summed E-state index contributed by atoms with van der Waals surface area (Å²) in [6.45, 7) is 11.0. The second kappa shape index (κ2) is 9.62. The lowest BCUT2D eigenvalue weighted by molar-refractivity contribution is -0.175. The van der Waals surface area contributed by atoms with Crippen molar-refractivity contribution in [3.05, 3.63) is 36.4 Å². The van der Waals surface area contributed by atoms with Gasteiger partial charge >= 0.3 is 0 Å². The minimum absolute atomic E-state index is 0.528. The van der Waals surface area contributed by atoms with E-state index in [-0.39, 0.29) is 0 Å². The highest BCUT2D eigenvalue weighted by molar-refractivity contribution is 5.48. The average molecular weight is 290 g/mol. The van der Waals surface area contributed by atoms with E-state index in [1.807, 2.05) is 30.3 Å². The molecule has 1 rings (SSSR count). The molecule has 0 aliphatic heterocycles. The summed E-state index contributed by atoms with van der Waals surface area (Å²) >= 11 is 0. The van der Waals surface area contributed by atoms with Crippen molar-refractivity contribution in [1.82, 2.24) is 0 Å². The van der Waals surface area contributed by atoms with Crippen LogP contribution in [0.4, 0.5) is 0 Å². The molecular weight excluding hydrogens is 260 g/mol. The van der Waals surface area contributed by atoms with Gasteiger partial charge in [-0.15, -0.1) is 0 Å². The topological polar surface area (TPSA) is 18.5 Å². The number of hydrogen-bond acceptors (Lipinski definition) is 2. The molecule has 0 radical (unpaired) electrons. The Hall–Kier alpha value is -1.28. The molecule has 21 heavy (non-hydrogen) atoms. The van der Waals surface area contributed by atoms with Gasteiger partial charge in [-0.2, -0.15) is 0 Å². The predicted molar refractivity (Wildman–Crippen MR) is 90.6 cm³/mol. The van der Waals surface area contributed by atoms with Gasteiger partial charge in [0.2, 0.25) is 5.79 Å². The Balaban J connectivity index is 2.63. The largest absolute Gasteiger partial charge is 0.463 e. The lowest BCUT2D eigenvalue weighted by Crippen LogP contribution is -2.36. The summed E-state index contributed by atoms with van der Waals surface area (Å²) in [7, 11) is 0. The summed E-state index contributed by atoms with van der Waals surface area (Å²) in [6.07, 6.45) is 8.51. The third kappa shape index (κ3) is 6.81. The Morgan fingerprint density at radius 2 is 1.71 bits per heavy atom. The van der Waals surface area contributed by atoms with Gasteiger partial charge < -0.3 is 9.47 Å². The summed E-state index contributed by atoms with van der Waals surface area (Å²) in [5.74, 6) is 0.328. The van der Waals surface area contributed by atoms with E-state index in [1.54, 1.807) is 0 Å². The minimum atomic E-state index is -0.528. The zero-order chi connectivity index (χ0) is 15.6. The summed E-state index contributed by atoms with van der Waals surface area (Å²) in [6, 6.07) is 7.99. The van der Waals surface area contributed by atoms with Crippen molar-refractivity contribution in [2.45, 2.75) is 65.1 Å². The molecule has 1 aromatic carbocycles. The third-order valence-corrected chi connectivity index (χ3v) is 3.59. The van der Waals surface area contributed by atoms with Crippen LogP contribution in [0.1, 0.15) is 64.9 Å². The molecular formula is C19H30O2. The zero-order valence-corrected chi connectivity index (χ0v) is 13.9. The van der Waals surface area contributed by atoms with Crippen molar-refractivity contribution in [3.8, 4) is 5.75 Å². The number of ether oxygens (including phenoxy) is 2. The van der Waals surface area contributed by atoms with Crippen LogP contribution in [0, 0.1) is 0 Å². The van der Waals surface area contributed by atoms with Gasteiger partial charge in [0.25, 0.3) is 0 Å². The lowest BCUT2D eigenvalue weighted by Gasteiger charge is -2.31. The number of unbranched alkanes of at least 4 members (excludes halogenated alkanes) is 3. The quantitative estimate of drug-likeness (QED) is 0.377. The van der Waals surface area contributed by atoms with Gasteiger partial charge in [0.15, 0.2) is 0 Å². The molecule has 0 aromatic heterocycles. The molecule has 2 heteroatoms. The highest BCUT2D eigenvalue weighted by Crippen LogP contribution is 2.25. The predicted octanol–water partition coefficient (Wildman–Crippen LogP) is 5.82. The Morgan fingerprint density at radius 1 is 1.05 bits per heavy atom. The van der Waals surface area contributed by atoms with Crippen molar-refractivity contribution in [2.24, 2.45) is 0 Å². The fourth-order valence-electron chi connectivity index (χ4n) is 2.21. The molecule has 0 aliphatic rings. The van der Waals surface area contributed by atoms with Gasteiger partial charge in [-0.1, -0.05) is 57.9 Å². The fraction of sp³-hybridized carbons (Fsp3) is 0.579. The van der Waals surface area contributed by atoms with Gasteiger partial charge in [0.1, 0.15) is 5.75 Å². The Bertz CT molecular complexity index is 397. The monoisotopic (exact) mass is 290 g/mol. The number of benzene rings is 1. The maximum atomic E-state index is 6.13. The summed E-state index contributed by atoms with van der Waals surface area (Å²) in [4.78, 5) is 0. The fourth-order valence-corrected chi connectivity index (χ4v) is 2.21. The van der Waals surface area contributed by atoms with E-state index in [9.17, 15) is 0 Å². The Kier molecular flexibility index (Phi) is 8.14. The number of hydrogen-bond donors (Lipinski definition) is 0. The van der Waals surface area contributed by atoms with Crippen LogP contribution >= 0.6 is 0 Å². The first-order chi connectivity index (χ1) is 10.1. The standard InChI is InChI=1S/C19H30O2/c1-5-8-10-16-20-19(4,15-9-6-2)21-18-13-11-17(7-3)12-14-18/h7,11-14H,3,5-6,8-10,15-16H2,1-2,4H3. The average Bonchev–Trinajstić information content (AvgIpc) is 2.50. The smallest absolute Gasteiger partial charge is 0.207 e. The van der Waals surface area contributed by atoms with E-state index >= 15 is 0 Å². The van der Waals surface area contributed by atoms with Crippen LogP contribution in [-0.4, -0.2) is 12.4 Å². The maximum Gasteiger partial charge on any atom is 0.207 e. The Labute approximate surface area is 130 Å². The van der Waals surface area contributed by atoms with Crippen molar-refractivity contribution in [1.29, 1.82) is 0 Å². The van der Waals surface area contributed by atoms with E-state index in [1.165, 1.54) is 12.8 Å². The highest BCUT2D eigenvalue weighted by Gasteiger charge is 2.26. The minimum Gasteiger partial charge on any atom is -0.463 e. The van der Waals surface area contributed by atoms with Crippen molar-refractivity contribution >= 4 is 6.08 Å².